The second-order valence-electron chi connectivity index (χ2n) is 4.72. The highest BCUT2D eigenvalue weighted by Crippen LogP contribution is 2.17. The Kier molecular flexibility index (Phi) is 4.68. The molecule has 0 amide bonds. The van der Waals surface area contributed by atoms with E-state index in [1.165, 1.54) is 31.5 Å². The number of ketones is 1. The van der Waals surface area contributed by atoms with Crippen LogP contribution in [0.5, 0.6) is 5.75 Å². The Bertz CT molecular complexity index is 733. The molecule has 1 aromatic carbocycles. The van der Waals surface area contributed by atoms with Gasteiger partial charge in [0.05, 0.1) is 7.11 Å². The van der Waals surface area contributed by atoms with Crippen molar-refractivity contribution < 1.29 is 19.4 Å². The molecule has 2 rings (SSSR count). The SMILES string of the molecule is COc1ccc(C(=O)/C(=C/c2cncc(C)c2)C(=O)O)cc1. The van der Waals surface area contributed by atoms with Crippen LogP contribution in [0.15, 0.2) is 48.3 Å². The highest BCUT2D eigenvalue weighted by atomic mass is 16.5. The number of carbonyl (C=O) groups is 2. The van der Waals surface area contributed by atoms with Crippen LogP contribution in [-0.4, -0.2) is 29.0 Å². The predicted octanol–water partition coefficient (Wildman–Crippen LogP) is 2.75. The molecule has 1 N–H and O–H groups in total. The van der Waals surface area contributed by atoms with Crippen LogP contribution in [0, 0.1) is 6.92 Å². The number of benzene rings is 1. The molecule has 112 valence electrons. The summed E-state index contributed by atoms with van der Waals surface area (Å²) in [4.78, 5) is 27.7. The normalized spacial score (nSPS) is 11.1. The van der Waals surface area contributed by atoms with Gasteiger partial charge in [-0.25, -0.2) is 4.79 Å². The Balaban J connectivity index is 2.38. The molecule has 0 bridgehead atoms. The van der Waals surface area contributed by atoms with E-state index in [0.717, 1.165) is 5.56 Å². The molecule has 0 aliphatic carbocycles. The molecule has 0 spiro atoms. The zero-order valence-electron chi connectivity index (χ0n) is 12.2. The second-order valence-corrected chi connectivity index (χ2v) is 4.72. The van der Waals surface area contributed by atoms with Crippen LogP contribution in [0.4, 0.5) is 0 Å². The minimum atomic E-state index is -1.28. The summed E-state index contributed by atoms with van der Waals surface area (Å²) < 4.78 is 5.02. The number of hydrogen-bond donors (Lipinski definition) is 1. The topological polar surface area (TPSA) is 76.5 Å². The number of carboxylic acids is 1. The van der Waals surface area contributed by atoms with Gasteiger partial charge in [-0.1, -0.05) is 0 Å². The number of aryl methyl sites for hydroxylation is 1. The van der Waals surface area contributed by atoms with Crippen LogP contribution in [0.25, 0.3) is 6.08 Å². The Morgan fingerprint density at radius 2 is 1.86 bits per heavy atom. The number of pyridine rings is 1. The highest BCUT2D eigenvalue weighted by molar-refractivity contribution is 6.26. The molecule has 0 fully saturated rings. The van der Waals surface area contributed by atoms with Gasteiger partial charge in [0.1, 0.15) is 11.3 Å². The van der Waals surface area contributed by atoms with Crippen molar-refractivity contribution in [2.45, 2.75) is 6.92 Å². The molecular weight excluding hydrogens is 282 g/mol. The van der Waals surface area contributed by atoms with E-state index in [2.05, 4.69) is 4.98 Å². The van der Waals surface area contributed by atoms with Gasteiger partial charge in [-0.3, -0.25) is 9.78 Å². The molecule has 0 radical (unpaired) electrons. The summed E-state index contributed by atoms with van der Waals surface area (Å²) in [5, 5.41) is 9.30. The monoisotopic (exact) mass is 297 g/mol. The molecule has 0 aliphatic rings. The number of aliphatic carboxylic acids is 1. The maximum Gasteiger partial charge on any atom is 0.339 e. The molecule has 0 saturated carbocycles. The molecule has 0 unspecified atom stereocenters. The Hall–Kier alpha value is -2.95. The third kappa shape index (κ3) is 3.58. The lowest BCUT2D eigenvalue weighted by molar-refractivity contribution is -0.132. The van der Waals surface area contributed by atoms with Crippen LogP contribution in [0.2, 0.25) is 0 Å². The van der Waals surface area contributed by atoms with E-state index in [4.69, 9.17) is 4.74 Å². The molecule has 0 aliphatic heterocycles. The van der Waals surface area contributed by atoms with Crippen LogP contribution < -0.4 is 4.74 Å². The smallest absolute Gasteiger partial charge is 0.339 e. The Morgan fingerprint density at radius 1 is 1.18 bits per heavy atom. The minimum absolute atomic E-state index is 0.287. The van der Waals surface area contributed by atoms with E-state index in [0.29, 0.717) is 11.3 Å². The third-order valence-corrected chi connectivity index (χ3v) is 3.03. The number of hydrogen-bond acceptors (Lipinski definition) is 4. The van der Waals surface area contributed by atoms with Crippen molar-refractivity contribution in [3.63, 3.8) is 0 Å². The molecular formula is C17H15NO4. The Labute approximate surface area is 127 Å². The van der Waals surface area contributed by atoms with Crippen molar-refractivity contribution in [2.75, 3.05) is 7.11 Å². The number of methoxy groups -OCH3 is 1. The first-order valence-electron chi connectivity index (χ1n) is 6.56. The number of carbonyl (C=O) groups excluding carboxylic acids is 1. The summed E-state index contributed by atoms with van der Waals surface area (Å²) in [6.07, 6.45) is 4.50. The fourth-order valence-electron chi connectivity index (χ4n) is 1.95. The zero-order chi connectivity index (χ0) is 16.1. The molecule has 22 heavy (non-hydrogen) atoms. The summed E-state index contributed by atoms with van der Waals surface area (Å²) in [5.41, 5.74) is 1.43. The fraction of sp³-hybridized carbons (Fsp3) is 0.118. The maximum absolute atomic E-state index is 12.4. The minimum Gasteiger partial charge on any atom is -0.497 e. The van der Waals surface area contributed by atoms with Gasteiger partial charge in [-0.15, -0.1) is 0 Å². The summed E-state index contributed by atoms with van der Waals surface area (Å²) in [6, 6.07) is 8.05. The molecule has 1 aromatic heterocycles. The largest absolute Gasteiger partial charge is 0.497 e. The third-order valence-electron chi connectivity index (χ3n) is 3.03. The van der Waals surface area contributed by atoms with Gasteiger partial charge in [0.2, 0.25) is 0 Å². The van der Waals surface area contributed by atoms with E-state index >= 15 is 0 Å². The van der Waals surface area contributed by atoms with Gasteiger partial charge in [0.25, 0.3) is 0 Å². The van der Waals surface area contributed by atoms with Crippen molar-refractivity contribution in [1.82, 2.24) is 4.98 Å². The van der Waals surface area contributed by atoms with Crippen LogP contribution in [0.1, 0.15) is 21.5 Å². The number of rotatable bonds is 5. The number of nitrogens with zero attached hydrogens (tertiary/aromatic N) is 1. The predicted molar refractivity (Wildman–Crippen MR) is 81.9 cm³/mol. The molecule has 0 saturated heterocycles. The number of aromatic nitrogens is 1. The van der Waals surface area contributed by atoms with E-state index in [-0.39, 0.29) is 11.1 Å². The number of ether oxygens (including phenoxy) is 1. The lowest BCUT2D eigenvalue weighted by atomic mass is 10.0. The molecule has 1 heterocycles. The second kappa shape index (κ2) is 6.67. The van der Waals surface area contributed by atoms with Gasteiger partial charge in [-0.2, -0.15) is 0 Å². The first-order valence-corrected chi connectivity index (χ1v) is 6.56. The van der Waals surface area contributed by atoms with Crippen molar-refractivity contribution in [2.24, 2.45) is 0 Å². The van der Waals surface area contributed by atoms with E-state index in [1.54, 1.807) is 24.4 Å². The first kappa shape index (κ1) is 15.4. The van der Waals surface area contributed by atoms with Crippen molar-refractivity contribution in [3.05, 3.63) is 65.0 Å². The van der Waals surface area contributed by atoms with Crippen LogP contribution in [-0.2, 0) is 4.79 Å². The van der Waals surface area contributed by atoms with Gasteiger partial charge >= 0.3 is 5.97 Å². The van der Waals surface area contributed by atoms with Gasteiger partial charge in [0.15, 0.2) is 5.78 Å². The van der Waals surface area contributed by atoms with Crippen molar-refractivity contribution in [1.29, 1.82) is 0 Å². The summed E-state index contributed by atoms with van der Waals surface area (Å²) in [7, 11) is 1.52. The quantitative estimate of drug-likeness (QED) is 0.397. The molecule has 0 atom stereocenters. The number of Topliss-reactive ketones (excluding diaryl/α,β-unsaturated/α-hetero) is 1. The van der Waals surface area contributed by atoms with E-state index in [1.807, 2.05) is 6.92 Å². The van der Waals surface area contributed by atoms with Crippen LogP contribution >= 0.6 is 0 Å². The average Bonchev–Trinajstić information content (AvgIpc) is 2.52. The Morgan fingerprint density at radius 3 is 2.41 bits per heavy atom. The summed E-state index contributed by atoms with van der Waals surface area (Å²) >= 11 is 0. The fourth-order valence-corrected chi connectivity index (χ4v) is 1.95. The lowest BCUT2D eigenvalue weighted by Gasteiger charge is -2.04. The first-order chi connectivity index (χ1) is 10.5. The van der Waals surface area contributed by atoms with E-state index < -0.39 is 11.8 Å². The average molecular weight is 297 g/mol. The van der Waals surface area contributed by atoms with Crippen molar-refractivity contribution >= 4 is 17.8 Å². The van der Waals surface area contributed by atoms with E-state index in [9.17, 15) is 14.7 Å². The van der Waals surface area contributed by atoms with Gasteiger partial charge in [-0.05, 0) is 54.5 Å². The molecule has 5 nitrogen and oxygen atoms in total. The lowest BCUT2D eigenvalue weighted by Crippen LogP contribution is -2.12. The maximum atomic E-state index is 12.4. The summed E-state index contributed by atoms with van der Waals surface area (Å²) in [5.74, 6) is -1.24. The zero-order valence-corrected chi connectivity index (χ0v) is 12.2. The van der Waals surface area contributed by atoms with Gasteiger partial charge in [0, 0.05) is 18.0 Å². The number of carboxylic acid groups (broad SMARTS) is 1. The highest BCUT2D eigenvalue weighted by Gasteiger charge is 2.19. The van der Waals surface area contributed by atoms with Gasteiger partial charge < -0.3 is 9.84 Å². The standard InChI is InChI=1S/C17H15NO4/c1-11-7-12(10-18-9-11)8-15(17(20)21)16(19)13-3-5-14(22-2)6-4-13/h3-10H,1-2H3,(H,20,21)/b15-8-. The molecule has 2 aromatic rings. The van der Waals surface area contributed by atoms with Crippen LogP contribution in [0.3, 0.4) is 0 Å². The molecule has 5 heteroatoms. The van der Waals surface area contributed by atoms with Crippen molar-refractivity contribution in [3.8, 4) is 5.75 Å². The summed E-state index contributed by atoms with van der Waals surface area (Å²) in [6.45, 7) is 1.84.